The highest BCUT2D eigenvalue weighted by atomic mass is 16.3. The molecule has 0 aliphatic carbocycles. The average Bonchev–Trinajstić information content (AvgIpc) is 2.15. The molecule has 13 heavy (non-hydrogen) atoms. The van der Waals surface area contributed by atoms with Gasteiger partial charge in [0.05, 0.1) is 6.07 Å². The van der Waals surface area contributed by atoms with E-state index in [0.29, 0.717) is 5.56 Å². The summed E-state index contributed by atoms with van der Waals surface area (Å²) < 4.78 is 0. The fourth-order valence-electron chi connectivity index (χ4n) is 0.835. The molecule has 1 amide bonds. The molecule has 0 atom stereocenters. The monoisotopic (exact) mass is 176 g/mol. The molecule has 0 unspecified atom stereocenters. The van der Waals surface area contributed by atoms with Crippen LogP contribution < -0.4 is 5.32 Å². The lowest BCUT2D eigenvalue weighted by Gasteiger charge is -1.99. The van der Waals surface area contributed by atoms with E-state index in [9.17, 15) is 4.79 Å². The molecule has 0 saturated heterocycles. The highest BCUT2D eigenvalue weighted by Gasteiger charge is 2.02. The third-order valence-corrected chi connectivity index (χ3v) is 1.46. The molecular formula is C9H8N2O2. The lowest BCUT2D eigenvalue weighted by Crippen LogP contribution is -2.23. The summed E-state index contributed by atoms with van der Waals surface area (Å²) >= 11 is 0. The zero-order valence-corrected chi connectivity index (χ0v) is 6.82. The number of rotatable bonds is 2. The van der Waals surface area contributed by atoms with Gasteiger partial charge in [-0.1, -0.05) is 0 Å². The summed E-state index contributed by atoms with van der Waals surface area (Å²) in [6.45, 7) is -0.0142. The highest BCUT2D eigenvalue weighted by molar-refractivity contribution is 5.94. The topological polar surface area (TPSA) is 73.1 Å². The van der Waals surface area contributed by atoms with Gasteiger partial charge in [0, 0.05) is 5.56 Å². The van der Waals surface area contributed by atoms with Gasteiger partial charge in [-0.25, -0.2) is 0 Å². The molecule has 4 heteroatoms. The quantitative estimate of drug-likeness (QED) is 0.649. The summed E-state index contributed by atoms with van der Waals surface area (Å²) in [7, 11) is 0. The van der Waals surface area contributed by atoms with E-state index >= 15 is 0 Å². The van der Waals surface area contributed by atoms with Gasteiger partial charge in [0.15, 0.2) is 0 Å². The number of nitrogens with zero attached hydrogens (tertiary/aromatic N) is 1. The molecule has 0 aliphatic heterocycles. The van der Waals surface area contributed by atoms with E-state index in [2.05, 4.69) is 5.32 Å². The number of amides is 1. The van der Waals surface area contributed by atoms with Gasteiger partial charge in [0.25, 0.3) is 5.91 Å². The number of hydrogen-bond donors (Lipinski definition) is 2. The molecule has 2 N–H and O–H groups in total. The molecule has 66 valence electrons. The second kappa shape index (κ2) is 4.12. The van der Waals surface area contributed by atoms with Crippen LogP contribution in [-0.2, 0) is 0 Å². The molecule has 4 nitrogen and oxygen atoms in total. The normalized spacial score (nSPS) is 8.85. The van der Waals surface area contributed by atoms with E-state index in [1.807, 2.05) is 0 Å². The number of nitrogens with one attached hydrogen (secondary N) is 1. The summed E-state index contributed by atoms with van der Waals surface area (Å²) in [6, 6.07) is 7.61. The van der Waals surface area contributed by atoms with Crippen molar-refractivity contribution >= 4 is 5.91 Å². The molecule has 0 radical (unpaired) electrons. The summed E-state index contributed by atoms with van der Waals surface area (Å²) in [6.07, 6.45) is 0. The zero-order chi connectivity index (χ0) is 9.68. The van der Waals surface area contributed by atoms with Gasteiger partial charge in [0.2, 0.25) is 0 Å². The van der Waals surface area contributed by atoms with E-state index < -0.39 is 0 Å². The predicted molar refractivity (Wildman–Crippen MR) is 46.1 cm³/mol. The molecule has 0 heterocycles. The Hall–Kier alpha value is -2.02. The molecule has 0 bridgehead atoms. The Morgan fingerprint density at radius 3 is 2.62 bits per heavy atom. The standard InChI is InChI=1S/C9H8N2O2/c10-5-6-11-9(13)7-1-3-8(12)4-2-7/h1-4,12H,6H2,(H,11,13). The van der Waals surface area contributed by atoms with Crippen molar-refractivity contribution in [2.24, 2.45) is 0 Å². The first kappa shape index (κ1) is 9.07. The van der Waals surface area contributed by atoms with Crippen LogP contribution in [0.5, 0.6) is 5.75 Å². The molecule has 1 rings (SSSR count). The zero-order valence-electron chi connectivity index (χ0n) is 6.82. The summed E-state index contributed by atoms with van der Waals surface area (Å²) in [4.78, 5) is 11.2. The first-order valence-electron chi connectivity index (χ1n) is 3.68. The Labute approximate surface area is 75.4 Å². The molecule has 0 fully saturated rings. The molecule has 0 aromatic heterocycles. The number of hydrogen-bond acceptors (Lipinski definition) is 3. The maximum atomic E-state index is 11.2. The lowest BCUT2D eigenvalue weighted by atomic mass is 10.2. The minimum atomic E-state index is -0.318. The maximum Gasteiger partial charge on any atom is 0.252 e. The van der Waals surface area contributed by atoms with Crippen LogP contribution in [0.1, 0.15) is 10.4 Å². The fourth-order valence-corrected chi connectivity index (χ4v) is 0.835. The van der Waals surface area contributed by atoms with Crippen LogP contribution in [0.3, 0.4) is 0 Å². The van der Waals surface area contributed by atoms with Gasteiger partial charge in [-0.2, -0.15) is 5.26 Å². The second-order valence-electron chi connectivity index (χ2n) is 2.39. The van der Waals surface area contributed by atoms with Crippen molar-refractivity contribution in [1.82, 2.24) is 5.32 Å². The van der Waals surface area contributed by atoms with E-state index in [1.165, 1.54) is 24.3 Å². The summed E-state index contributed by atoms with van der Waals surface area (Å²) in [5.41, 5.74) is 0.424. The number of carbonyl (C=O) groups excluding carboxylic acids is 1. The Morgan fingerprint density at radius 1 is 1.46 bits per heavy atom. The largest absolute Gasteiger partial charge is 0.508 e. The molecular weight excluding hydrogens is 168 g/mol. The number of nitriles is 1. The van der Waals surface area contributed by atoms with Gasteiger partial charge >= 0.3 is 0 Å². The van der Waals surface area contributed by atoms with Crippen LogP contribution in [0.15, 0.2) is 24.3 Å². The second-order valence-corrected chi connectivity index (χ2v) is 2.39. The van der Waals surface area contributed by atoms with Crippen LogP contribution in [0, 0.1) is 11.3 Å². The first-order valence-corrected chi connectivity index (χ1v) is 3.68. The SMILES string of the molecule is N#CCNC(=O)c1ccc(O)cc1. The third kappa shape index (κ3) is 2.49. The number of carbonyl (C=O) groups is 1. The molecule has 0 aliphatic rings. The van der Waals surface area contributed by atoms with E-state index in [1.54, 1.807) is 6.07 Å². The minimum Gasteiger partial charge on any atom is -0.508 e. The van der Waals surface area contributed by atoms with Gasteiger partial charge in [0.1, 0.15) is 12.3 Å². The van der Waals surface area contributed by atoms with Crippen molar-refractivity contribution in [1.29, 1.82) is 5.26 Å². The Balaban J connectivity index is 2.68. The van der Waals surface area contributed by atoms with E-state index in [0.717, 1.165) is 0 Å². The van der Waals surface area contributed by atoms with Crippen molar-refractivity contribution in [2.75, 3.05) is 6.54 Å². The minimum absolute atomic E-state index is 0.0142. The third-order valence-electron chi connectivity index (χ3n) is 1.46. The Bertz CT molecular complexity index is 338. The van der Waals surface area contributed by atoms with Crippen LogP contribution in [0.4, 0.5) is 0 Å². The van der Waals surface area contributed by atoms with Gasteiger partial charge in [-0.3, -0.25) is 4.79 Å². The van der Waals surface area contributed by atoms with Crippen molar-refractivity contribution in [3.8, 4) is 11.8 Å². The van der Waals surface area contributed by atoms with Crippen molar-refractivity contribution in [3.05, 3.63) is 29.8 Å². The highest BCUT2D eigenvalue weighted by Crippen LogP contribution is 2.08. The van der Waals surface area contributed by atoms with Crippen molar-refractivity contribution in [2.45, 2.75) is 0 Å². The maximum absolute atomic E-state index is 11.2. The predicted octanol–water partition coefficient (Wildman–Crippen LogP) is 0.646. The lowest BCUT2D eigenvalue weighted by molar-refractivity contribution is 0.0958. The van der Waals surface area contributed by atoms with E-state index in [-0.39, 0.29) is 18.2 Å². The average molecular weight is 176 g/mol. The van der Waals surface area contributed by atoms with Gasteiger partial charge < -0.3 is 10.4 Å². The number of benzene rings is 1. The molecule has 0 spiro atoms. The van der Waals surface area contributed by atoms with Crippen LogP contribution >= 0.6 is 0 Å². The van der Waals surface area contributed by atoms with Crippen molar-refractivity contribution < 1.29 is 9.90 Å². The smallest absolute Gasteiger partial charge is 0.252 e. The first-order chi connectivity index (χ1) is 6.24. The van der Waals surface area contributed by atoms with Crippen LogP contribution in [0.2, 0.25) is 0 Å². The van der Waals surface area contributed by atoms with E-state index in [4.69, 9.17) is 10.4 Å². The number of phenols is 1. The van der Waals surface area contributed by atoms with Crippen molar-refractivity contribution in [3.63, 3.8) is 0 Å². The number of aromatic hydroxyl groups is 1. The molecule has 1 aromatic carbocycles. The van der Waals surface area contributed by atoms with Crippen LogP contribution in [0.25, 0.3) is 0 Å². The molecule has 1 aromatic rings. The fraction of sp³-hybridized carbons (Fsp3) is 0.111. The Morgan fingerprint density at radius 2 is 2.08 bits per heavy atom. The summed E-state index contributed by atoms with van der Waals surface area (Å²) in [5.74, 6) is -0.210. The molecule has 0 saturated carbocycles. The Kier molecular flexibility index (Phi) is 2.87. The summed E-state index contributed by atoms with van der Waals surface area (Å²) in [5, 5.41) is 19.5. The van der Waals surface area contributed by atoms with Gasteiger partial charge in [-0.05, 0) is 24.3 Å². The van der Waals surface area contributed by atoms with Crippen LogP contribution in [-0.4, -0.2) is 17.6 Å². The van der Waals surface area contributed by atoms with Gasteiger partial charge in [-0.15, -0.1) is 0 Å². The number of phenolic OH excluding ortho intramolecular Hbond substituents is 1.